The van der Waals surface area contributed by atoms with Gasteiger partial charge in [0.2, 0.25) is 0 Å². The SMILES string of the molecule is O=C(NC[C@]12COC[C@H]1CN(Cc1ccoc1)C2)c1cccnc1.O=C(O)C(F)(F)F.O=C(O)C(F)(F)F. The second-order valence-corrected chi connectivity index (χ2v) is 8.41. The fraction of sp³-hybridized carbons (Fsp3) is 0.455. The number of aliphatic carboxylic acids is 2. The van der Waals surface area contributed by atoms with E-state index in [1.54, 1.807) is 37.1 Å². The quantitative estimate of drug-likeness (QED) is 0.475. The van der Waals surface area contributed by atoms with Crippen LogP contribution in [-0.2, 0) is 20.9 Å². The van der Waals surface area contributed by atoms with Crippen molar-refractivity contribution in [1.29, 1.82) is 0 Å². The number of nitrogens with zero attached hydrogens (tertiary/aromatic N) is 2. The molecule has 4 heterocycles. The average molecular weight is 555 g/mol. The molecule has 0 bridgehead atoms. The number of nitrogens with one attached hydrogen (secondary N) is 1. The predicted octanol–water partition coefficient (Wildman–Crippen LogP) is 2.82. The third kappa shape index (κ3) is 9.02. The van der Waals surface area contributed by atoms with E-state index in [4.69, 9.17) is 29.0 Å². The second-order valence-electron chi connectivity index (χ2n) is 8.41. The molecule has 2 aromatic rings. The molecule has 0 saturated carbocycles. The Labute approximate surface area is 211 Å². The van der Waals surface area contributed by atoms with Crippen LogP contribution in [0, 0.1) is 11.3 Å². The zero-order chi connectivity index (χ0) is 28.6. The van der Waals surface area contributed by atoms with Crippen LogP contribution < -0.4 is 5.32 Å². The summed E-state index contributed by atoms with van der Waals surface area (Å²) in [6.07, 6.45) is -3.41. The molecule has 2 aliphatic heterocycles. The van der Waals surface area contributed by atoms with Crippen LogP contribution in [-0.4, -0.2) is 83.1 Å². The van der Waals surface area contributed by atoms with Gasteiger partial charge in [-0.15, -0.1) is 0 Å². The van der Waals surface area contributed by atoms with Crippen molar-refractivity contribution in [3.8, 4) is 0 Å². The number of carbonyl (C=O) groups is 3. The summed E-state index contributed by atoms with van der Waals surface area (Å²) < 4.78 is 74.4. The van der Waals surface area contributed by atoms with Crippen molar-refractivity contribution in [3.05, 3.63) is 54.2 Å². The lowest BCUT2D eigenvalue weighted by Crippen LogP contribution is -2.43. The van der Waals surface area contributed by atoms with E-state index in [-0.39, 0.29) is 11.3 Å². The molecule has 210 valence electrons. The van der Waals surface area contributed by atoms with Crippen molar-refractivity contribution in [2.45, 2.75) is 18.9 Å². The number of rotatable bonds is 5. The Morgan fingerprint density at radius 3 is 2.24 bits per heavy atom. The minimum atomic E-state index is -5.08. The van der Waals surface area contributed by atoms with Gasteiger partial charge in [-0.3, -0.25) is 14.7 Å². The van der Waals surface area contributed by atoms with E-state index in [0.29, 0.717) is 24.6 Å². The number of aromatic nitrogens is 1. The summed E-state index contributed by atoms with van der Waals surface area (Å²) in [5, 5.41) is 17.3. The molecule has 0 aliphatic carbocycles. The first-order valence-electron chi connectivity index (χ1n) is 10.7. The van der Waals surface area contributed by atoms with E-state index in [9.17, 15) is 31.1 Å². The van der Waals surface area contributed by atoms with Crippen LogP contribution in [0.4, 0.5) is 26.3 Å². The number of furan rings is 1. The number of carbonyl (C=O) groups excluding carboxylic acids is 1. The van der Waals surface area contributed by atoms with E-state index in [1.807, 2.05) is 6.07 Å². The number of likely N-dealkylation sites (tertiary alicyclic amines) is 1. The van der Waals surface area contributed by atoms with Crippen molar-refractivity contribution in [1.82, 2.24) is 15.2 Å². The summed E-state index contributed by atoms with van der Waals surface area (Å²) in [5.74, 6) is -5.13. The Hall–Kier alpha value is -3.66. The molecule has 16 heteroatoms. The number of carboxylic acid groups (broad SMARTS) is 2. The first-order chi connectivity index (χ1) is 17.6. The number of hydrogen-bond acceptors (Lipinski definition) is 7. The molecule has 1 amide bonds. The standard InChI is InChI=1S/C18H21N3O3.2C2HF3O2/c22-17(15-2-1-4-19-6-15)20-11-18-12-21(7-14-3-5-23-9-14)8-16(18)10-24-13-18;2*3-2(4,5)1(6)7/h1-6,9,16H,7-8,10-13H2,(H,20,22);2*(H,6,7)/t16-,18+;;/m1../s1. The molecule has 2 atom stereocenters. The van der Waals surface area contributed by atoms with Gasteiger partial charge in [0.05, 0.1) is 31.3 Å². The summed E-state index contributed by atoms with van der Waals surface area (Å²) in [6.45, 7) is 4.90. The highest BCUT2D eigenvalue weighted by Gasteiger charge is 2.50. The lowest BCUT2D eigenvalue weighted by molar-refractivity contribution is -0.193. The van der Waals surface area contributed by atoms with Gasteiger partial charge in [-0.1, -0.05) is 0 Å². The van der Waals surface area contributed by atoms with Crippen LogP contribution in [0.5, 0.6) is 0 Å². The Bertz CT molecular complexity index is 1040. The van der Waals surface area contributed by atoms with E-state index in [0.717, 1.165) is 26.2 Å². The van der Waals surface area contributed by atoms with E-state index in [1.165, 1.54) is 5.56 Å². The number of carboxylic acids is 2. The Balaban J connectivity index is 0.000000301. The summed E-state index contributed by atoms with van der Waals surface area (Å²) >= 11 is 0. The van der Waals surface area contributed by atoms with Crippen LogP contribution in [0.15, 0.2) is 47.5 Å². The molecule has 2 aromatic heterocycles. The third-order valence-corrected chi connectivity index (χ3v) is 5.59. The normalized spacial score (nSPS) is 20.8. The van der Waals surface area contributed by atoms with E-state index < -0.39 is 24.3 Å². The molecule has 0 unspecified atom stereocenters. The molecular weight excluding hydrogens is 532 g/mol. The molecule has 0 aromatic carbocycles. The number of fused-ring (bicyclic) bond motifs is 1. The van der Waals surface area contributed by atoms with Crippen molar-refractivity contribution in [3.63, 3.8) is 0 Å². The van der Waals surface area contributed by atoms with Crippen molar-refractivity contribution < 1.29 is 60.1 Å². The molecule has 0 radical (unpaired) electrons. The second kappa shape index (κ2) is 12.7. The Morgan fingerprint density at radius 2 is 1.74 bits per heavy atom. The van der Waals surface area contributed by atoms with Crippen LogP contribution in [0.3, 0.4) is 0 Å². The first kappa shape index (κ1) is 30.6. The van der Waals surface area contributed by atoms with Crippen LogP contribution >= 0.6 is 0 Å². The predicted molar refractivity (Wildman–Crippen MR) is 115 cm³/mol. The van der Waals surface area contributed by atoms with Crippen LogP contribution in [0.1, 0.15) is 15.9 Å². The molecule has 2 fully saturated rings. The van der Waals surface area contributed by atoms with Gasteiger partial charge in [-0.25, -0.2) is 9.59 Å². The fourth-order valence-electron chi connectivity index (χ4n) is 3.81. The number of hydrogen-bond donors (Lipinski definition) is 3. The van der Waals surface area contributed by atoms with Gasteiger partial charge in [0, 0.05) is 55.5 Å². The van der Waals surface area contributed by atoms with Gasteiger partial charge < -0.3 is 24.7 Å². The van der Waals surface area contributed by atoms with Gasteiger partial charge >= 0.3 is 24.3 Å². The van der Waals surface area contributed by atoms with Gasteiger partial charge in [0.1, 0.15) is 0 Å². The number of ether oxygens (including phenoxy) is 1. The molecule has 2 saturated heterocycles. The first-order valence-corrected chi connectivity index (χ1v) is 10.7. The highest BCUT2D eigenvalue weighted by molar-refractivity contribution is 5.93. The van der Waals surface area contributed by atoms with Gasteiger partial charge in [0.25, 0.3) is 5.91 Å². The Kier molecular flexibility index (Phi) is 10.2. The highest BCUT2D eigenvalue weighted by Crippen LogP contribution is 2.41. The molecule has 3 N–H and O–H groups in total. The smallest absolute Gasteiger partial charge is 0.475 e. The van der Waals surface area contributed by atoms with Crippen molar-refractivity contribution in [2.24, 2.45) is 11.3 Å². The lowest BCUT2D eigenvalue weighted by Gasteiger charge is -2.27. The van der Waals surface area contributed by atoms with Gasteiger partial charge in [-0.2, -0.15) is 26.3 Å². The van der Waals surface area contributed by atoms with Gasteiger partial charge in [-0.05, 0) is 18.2 Å². The number of amides is 1. The monoisotopic (exact) mass is 555 g/mol. The highest BCUT2D eigenvalue weighted by atomic mass is 19.4. The third-order valence-electron chi connectivity index (χ3n) is 5.59. The summed E-state index contributed by atoms with van der Waals surface area (Å²) in [4.78, 5) is 36.5. The molecular formula is C22H23F6N3O7. The van der Waals surface area contributed by atoms with Crippen LogP contribution in [0.2, 0.25) is 0 Å². The maximum atomic E-state index is 12.3. The molecule has 10 nitrogen and oxygen atoms in total. The molecule has 2 aliphatic rings. The van der Waals surface area contributed by atoms with E-state index >= 15 is 0 Å². The summed E-state index contributed by atoms with van der Waals surface area (Å²) in [5.41, 5.74) is 1.78. The molecule has 38 heavy (non-hydrogen) atoms. The summed E-state index contributed by atoms with van der Waals surface area (Å²) in [7, 11) is 0. The zero-order valence-corrected chi connectivity index (χ0v) is 19.5. The largest absolute Gasteiger partial charge is 0.490 e. The maximum absolute atomic E-state index is 12.3. The van der Waals surface area contributed by atoms with E-state index in [2.05, 4.69) is 15.2 Å². The number of alkyl halides is 6. The Morgan fingerprint density at radius 1 is 1.11 bits per heavy atom. The van der Waals surface area contributed by atoms with Crippen molar-refractivity contribution >= 4 is 17.8 Å². The fourth-order valence-corrected chi connectivity index (χ4v) is 3.81. The minimum absolute atomic E-state index is 0.00159. The van der Waals surface area contributed by atoms with Gasteiger partial charge in [0.15, 0.2) is 0 Å². The summed E-state index contributed by atoms with van der Waals surface area (Å²) in [6, 6.07) is 5.56. The average Bonchev–Trinajstić information content (AvgIpc) is 3.54. The number of halogens is 6. The number of pyridine rings is 1. The molecule has 4 rings (SSSR count). The van der Waals surface area contributed by atoms with Crippen LogP contribution in [0.25, 0.3) is 0 Å². The minimum Gasteiger partial charge on any atom is -0.475 e. The van der Waals surface area contributed by atoms with Crippen molar-refractivity contribution in [2.75, 3.05) is 32.8 Å². The lowest BCUT2D eigenvalue weighted by atomic mass is 9.81. The zero-order valence-electron chi connectivity index (χ0n) is 19.5. The molecule has 0 spiro atoms. The topological polar surface area (TPSA) is 142 Å². The maximum Gasteiger partial charge on any atom is 0.490 e.